The van der Waals surface area contributed by atoms with Crippen molar-refractivity contribution in [1.29, 1.82) is 0 Å². The summed E-state index contributed by atoms with van der Waals surface area (Å²) in [6, 6.07) is 8.72. The maximum atomic E-state index is 6.37. The number of imidazole rings is 1. The summed E-state index contributed by atoms with van der Waals surface area (Å²) < 4.78 is 1.86. The Balaban J connectivity index is 1.75. The highest BCUT2D eigenvalue weighted by Crippen LogP contribution is 2.30. The minimum absolute atomic E-state index is 0.434. The van der Waals surface area contributed by atoms with Crippen LogP contribution in [0.5, 0.6) is 0 Å². The molecular weight excluding hydrogens is 371 g/mol. The fourth-order valence-corrected chi connectivity index (χ4v) is 3.33. The zero-order valence-corrected chi connectivity index (χ0v) is 15.1. The molecule has 0 fully saturated rings. The molecule has 6 nitrogen and oxygen atoms in total. The van der Waals surface area contributed by atoms with Gasteiger partial charge in [-0.25, -0.2) is 15.0 Å². The van der Waals surface area contributed by atoms with Gasteiger partial charge in [-0.2, -0.15) is 0 Å². The van der Waals surface area contributed by atoms with Crippen LogP contribution in [0.3, 0.4) is 0 Å². The van der Waals surface area contributed by atoms with Crippen LogP contribution in [0.1, 0.15) is 22.9 Å². The van der Waals surface area contributed by atoms with Gasteiger partial charge in [-0.15, -0.1) is 0 Å². The zero-order valence-electron chi connectivity index (χ0n) is 13.5. The third-order valence-electron chi connectivity index (χ3n) is 4.16. The maximum absolute atomic E-state index is 6.37. The molecule has 0 saturated heterocycles. The summed E-state index contributed by atoms with van der Waals surface area (Å²) >= 11 is 12.6. The number of benzene rings is 1. The number of rotatable bonds is 4. The molecule has 0 aliphatic carbocycles. The Kier molecular flexibility index (Phi) is 4.55. The first kappa shape index (κ1) is 16.9. The molecule has 0 amide bonds. The first-order chi connectivity index (χ1) is 12.6. The molecule has 1 atom stereocenters. The second-order valence-electron chi connectivity index (χ2n) is 5.77. The Morgan fingerprint density at radius 1 is 1.04 bits per heavy atom. The second-order valence-corrected chi connectivity index (χ2v) is 6.58. The van der Waals surface area contributed by atoms with E-state index >= 15 is 0 Å². The Bertz CT molecular complexity index is 997. The van der Waals surface area contributed by atoms with Gasteiger partial charge < -0.3 is 10.3 Å². The Morgan fingerprint density at radius 2 is 1.85 bits per heavy atom. The van der Waals surface area contributed by atoms with Crippen LogP contribution in [0.2, 0.25) is 10.0 Å². The van der Waals surface area contributed by atoms with Crippen LogP contribution in [-0.2, 0) is 6.54 Å². The van der Waals surface area contributed by atoms with Gasteiger partial charge >= 0.3 is 0 Å². The molecule has 0 saturated carbocycles. The van der Waals surface area contributed by atoms with Gasteiger partial charge in [0.05, 0.1) is 24.6 Å². The fraction of sp³-hybridized carbons (Fsp3) is 0.111. The first-order valence-electron chi connectivity index (χ1n) is 7.89. The fourth-order valence-electron chi connectivity index (χ4n) is 2.81. The molecule has 3 heterocycles. The second kappa shape index (κ2) is 6.99. The normalized spacial score (nSPS) is 12.4. The highest BCUT2D eigenvalue weighted by atomic mass is 35.5. The van der Waals surface area contributed by atoms with Crippen molar-refractivity contribution in [2.24, 2.45) is 5.73 Å². The van der Waals surface area contributed by atoms with Crippen molar-refractivity contribution in [2.75, 3.05) is 0 Å². The van der Waals surface area contributed by atoms with Crippen LogP contribution in [-0.4, -0.2) is 24.5 Å². The summed E-state index contributed by atoms with van der Waals surface area (Å²) in [6.07, 6.45) is 6.60. The molecule has 4 rings (SSSR count). The van der Waals surface area contributed by atoms with E-state index < -0.39 is 6.04 Å². The molecule has 130 valence electrons. The van der Waals surface area contributed by atoms with Crippen LogP contribution in [0.15, 0.2) is 55.4 Å². The van der Waals surface area contributed by atoms with Crippen molar-refractivity contribution in [3.8, 4) is 11.5 Å². The summed E-state index contributed by atoms with van der Waals surface area (Å²) in [7, 11) is 0. The van der Waals surface area contributed by atoms with Crippen LogP contribution in [0.4, 0.5) is 0 Å². The topological polar surface area (TPSA) is 82.5 Å². The Labute approximate surface area is 160 Å². The SMILES string of the molecule is NC(c1cccnc1)c1ncn(Cc2c(Cl)cccc2Cl)c2ncnc1-2. The lowest BCUT2D eigenvalue weighted by Gasteiger charge is -2.18. The van der Waals surface area contributed by atoms with Crippen molar-refractivity contribution in [3.63, 3.8) is 0 Å². The van der Waals surface area contributed by atoms with E-state index in [2.05, 4.69) is 19.9 Å². The predicted octanol–water partition coefficient (Wildman–Crippen LogP) is 3.58. The van der Waals surface area contributed by atoms with Gasteiger partial charge in [0.25, 0.3) is 0 Å². The smallest absolute Gasteiger partial charge is 0.163 e. The molecule has 0 bridgehead atoms. The third kappa shape index (κ3) is 3.03. The van der Waals surface area contributed by atoms with Crippen molar-refractivity contribution >= 4 is 23.2 Å². The number of pyridine rings is 1. The Hall–Kier alpha value is -2.54. The summed E-state index contributed by atoms with van der Waals surface area (Å²) in [5.74, 6) is 0.672. The molecule has 0 radical (unpaired) electrons. The highest BCUT2D eigenvalue weighted by molar-refractivity contribution is 6.35. The molecule has 2 aromatic rings. The lowest BCUT2D eigenvalue weighted by atomic mass is 10.0. The quantitative estimate of drug-likeness (QED) is 0.581. The number of nitrogens with two attached hydrogens (primary N) is 1. The molecule has 2 N–H and O–H groups in total. The lowest BCUT2D eigenvalue weighted by Crippen LogP contribution is -2.18. The molecule has 2 aliphatic heterocycles. The number of aromatic nitrogens is 5. The minimum atomic E-state index is -0.443. The van der Waals surface area contributed by atoms with Gasteiger partial charge in [0, 0.05) is 28.0 Å². The molecule has 0 spiro atoms. The van der Waals surface area contributed by atoms with E-state index in [4.69, 9.17) is 28.9 Å². The van der Waals surface area contributed by atoms with Gasteiger partial charge in [0.1, 0.15) is 12.0 Å². The number of halogens is 2. The van der Waals surface area contributed by atoms with E-state index in [0.29, 0.717) is 33.8 Å². The van der Waals surface area contributed by atoms with Gasteiger partial charge in [0.2, 0.25) is 0 Å². The van der Waals surface area contributed by atoms with Crippen LogP contribution in [0, 0.1) is 0 Å². The Morgan fingerprint density at radius 3 is 2.58 bits per heavy atom. The van der Waals surface area contributed by atoms with E-state index in [-0.39, 0.29) is 0 Å². The predicted molar refractivity (Wildman–Crippen MR) is 100 cm³/mol. The monoisotopic (exact) mass is 384 g/mol. The van der Waals surface area contributed by atoms with Gasteiger partial charge in [-0.3, -0.25) is 4.98 Å². The van der Waals surface area contributed by atoms with Crippen molar-refractivity contribution in [1.82, 2.24) is 24.5 Å². The number of fused-ring (bicyclic) bond motifs is 1. The largest absolute Gasteiger partial charge is 0.319 e. The summed E-state index contributed by atoms with van der Waals surface area (Å²) in [6.45, 7) is 0.434. The van der Waals surface area contributed by atoms with Gasteiger partial charge in [0.15, 0.2) is 5.82 Å². The summed E-state index contributed by atoms with van der Waals surface area (Å²) in [4.78, 5) is 17.4. The minimum Gasteiger partial charge on any atom is -0.319 e. The van der Waals surface area contributed by atoms with Crippen molar-refractivity contribution in [3.05, 3.63) is 82.2 Å². The van der Waals surface area contributed by atoms with E-state index in [1.165, 1.54) is 6.33 Å². The van der Waals surface area contributed by atoms with Crippen LogP contribution < -0.4 is 5.73 Å². The maximum Gasteiger partial charge on any atom is 0.163 e. The van der Waals surface area contributed by atoms with E-state index in [0.717, 1.165) is 11.1 Å². The summed E-state index contributed by atoms with van der Waals surface area (Å²) in [5.41, 5.74) is 9.32. The third-order valence-corrected chi connectivity index (χ3v) is 4.87. The lowest BCUT2D eigenvalue weighted by molar-refractivity contribution is 0.726. The molecule has 26 heavy (non-hydrogen) atoms. The van der Waals surface area contributed by atoms with Crippen molar-refractivity contribution in [2.45, 2.75) is 12.6 Å². The zero-order chi connectivity index (χ0) is 18.1. The number of hydrogen-bond acceptors (Lipinski definition) is 5. The molecule has 8 heteroatoms. The average Bonchev–Trinajstić information content (AvgIpc) is 3.15. The highest BCUT2D eigenvalue weighted by Gasteiger charge is 2.23. The number of nitrogens with zero attached hydrogens (tertiary/aromatic N) is 5. The first-order valence-corrected chi connectivity index (χ1v) is 8.65. The average molecular weight is 385 g/mol. The van der Waals surface area contributed by atoms with Crippen LogP contribution in [0.25, 0.3) is 11.5 Å². The molecule has 1 aromatic carbocycles. The molecule has 2 aliphatic rings. The van der Waals surface area contributed by atoms with Gasteiger partial charge in [-0.05, 0) is 23.8 Å². The van der Waals surface area contributed by atoms with E-state index in [1.54, 1.807) is 30.9 Å². The van der Waals surface area contributed by atoms with Crippen LogP contribution >= 0.6 is 23.2 Å². The van der Waals surface area contributed by atoms with Gasteiger partial charge in [-0.1, -0.05) is 35.3 Å². The molecule has 1 aromatic heterocycles. The van der Waals surface area contributed by atoms with E-state index in [1.807, 2.05) is 22.8 Å². The number of hydrogen-bond donors (Lipinski definition) is 1. The standard InChI is InChI=1S/C18H14Cl2N6/c19-13-4-1-5-14(20)12(13)8-26-10-25-16(17-18(26)24-9-23-17)15(21)11-3-2-6-22-7-11/h1-7,9-10,15H,8,21H2. The summed E-state index contributed by atoms with van der Waals surface area (Å²) in [5, 5.41) is 1.18. The molecular formula is C18H14Cl2N6. The van der Waals surface area contributed by atoms with E-state index in [9.17, 15) is 0 Å². The van der Waals surface area contributed by atoms with Crippen molar-refractivity contribution < 1.29 is 0 Å². The molecule has 1 unspecified atom stereocenters.